The molecule has 0 aliphatic heterocycles. The number of aromatic nitrogens is 3. The van der Waals surface area contributed by atoms with E-state index in [1.165, 1.54) is 0 Å². The van der Waals surface area contributed by atoms with Crippen molar-refractivity contribution in [3.05, 3.63) is 54.5 Å². The summed E-state index contributed by atoms with van der Waals surface area (Å²) < 4.78 is 2.05. The minimum absolute atomic E-state index is 0.286. The molecule has 0 aliphatic carbocycles. The Morgan fingerprint density at radius 1 is 1.04 bits per heavy atom. The average molecular weight is 307 g/mol. The summed E-state index contributed by atoms with van der Waals surface area (Å²) in [6.45, 7) is 5.08. The van der Waals surface area contributed by atoms with Gasteiger partial charge in [-0.3, -0.25) is 9.67 Å². The van der Waals surface area contributed by atoms with E-state index in [2.05, 4.69) is 23.5 Å². The molecular formula is C19H21N3O. The van der Waals surface area contributed by atoms with E-state index in [0.29, 0.717) is 0 Å². The van der Waals surface area contributed by atoms with Crippen LogP contribution in [0.5, 0.6) is 5.75 Å². The van der Waals surface area contributed by atoms with Crippen molar-refractivity contribution in [2.75, 3.05) is 0 Å². The Bertz CT molecular complexity index is 794. The molecule has 3 aromatic rings. The number of aromatic hydroxyl groups is 1. The first-order valence-electron chi connectivity index (χ1n) is 8.04. The van der Waals surface area contributed by atoms with E-state index in [4.69, 9.17) is 5.10 Å². The Balaban J connectivity index is 2.31. The first kappa shape index (κ1) is 15.3. The van der Waals surface area contributed by atoms with E-state index in [0.717, 1.165) is 47.5 Å². The van der Waals surface area contributed by atoms with Crippen LogP contribution < -0.4 is 0 Å². The molecule has 2 heterocycles. The van der Waals surface area contributed by atoms with Crippen LogP contribution in [0.3, 0.4) is 0 Å². The van der Waals surface area contributed by atoms with Crippen molar-refractivity contribution in [1.29, 1.82) is 0 Å². The lowest BCUT2D eigenvalue weighted by Gasteiger charge is -2.10. The summed E-state index contributed by atoms with van der Waals surface area (Å²) in [5, 5.41) is 15.1. The molecule has 1 N–H and O–H groups in total. The van der Waals surface area contributed by atoms with E-state index in [9.17, 15) is 5.11 Å². The topological polar surface area (TPSA) is 50.9 Å². The molecule has 23 heavy (non-hydrogen) atoms. The maximum atomic E-state index is 10.3. The Hall–Kier alpha value is -2.62. The van der Waals surface area contributed by atoms with Gasteiger partial charge in [-0.25, -0.2) is 0 Å². The maximum absolute atomic E-state index is 10.3. The molecule has 0 saturated carbocycles. The van der Waals surface area contributed by atoms with Crippen LogP contribution in [-0.2, 0) is 13.0 Å². The van der Waals surface area contributed by atoms with Crippen LogP contribution in [0.15, 0.2) is 48.8 Å². The molecule has 4 nitrogen and oxygen atoms in total. The molecule has 118 valence electrons. The smallest absolute Gasteiger partial charge is 0.123 e. The second-order valence-electron chi connectivity index (χ2n) is 5.50. The first-order chi connectivity index (χ1) is 11.3. The van der Waals surface area contributed by atoms with Crippen LogP contribution in [0, 0.1) is 0 Å². The highest BCUT2D eigenvalue weighted by Gasteiger charge is 2.21. The molecule has 0 radical (unpaired) electrons. The number of hydrogen-bond acceptors (Lipinski definition) is 3. The zero-order chi connectivity index (χ0) is 16.2. The van der Waals surface area contributed by atoms with Crippen molar-refractivity contribution in [3.63, 3.8) is 0 Å². The highest BCUT2D eigenvalue weighted by molar-refractivity contribution is 5.85. The van der Waals surface area contributed by atoms with Crippen LogP contribution in [0.4, 0.5) is 0 Å². The number of pyridine rings is 1. The third kappa shape index (κ3) is 2.84. The number of hydrogen-bond donors (Lipinski definition) is 1. The molecule has 3 rings (SSSR count). The van der Waals surface area contributed by atoms with Gasteiger partial charge in [0.2, 0.25) is 0 Å². The number of nitrogens with zero attached hydrogens (tertiary/aromatic N) is 3. The minimum atomic E-state index is 0.286. The number of para-hydroxylation sites is 1. The summed E-state index contributed by atoms with van der Waals surface area (Å²) in [6.07, 6.45) is 5.40. The van der Waals surface area contributed by atoms with E-state index < -0.39 is 0 Å². The fourth-order valence-corrected chi connectivity index (χ4v) is 2.90. The lowest BCUT2D eigenvalue weighted by molar-refractivity contribution is 0.477. The molecule has 1 aromatic carbocycles. The van der Waals surface area contributed by atoms with Crippen LogP contribution in [0.25, 0.3) is 22.4 Å². The number of benzene rings is 1. The minimum Gasteiger partial charge on any atom is -0.507 e. The number of phenolic OH excluding ortho intramolecular Hbond substituents is 1. The predicted molar refractivity (Wildman–Crippen MR) is 92.2 cm³/mol. The molecular weight excluding hydrogens is 286 g/mol. The molecule has 0 fully saturated rings. The van der Waals surface area contributed by atoms with Gasteiger partial charge in [0.15, 0.2) is 0 Å². The highest BCUT2D eigenvalue weighted by atomic mass is 16.3. The van der Waals surface area contributed by atoms with Gasteiger partial charge in [0, 0.05) is 35.6 Å². The van der Waals surface area contributed by atoms with Gasteiger partial charge in [-0.05, 0) is 31.0 Å². The van der Waals surface area contributed by atoms with Crippen molar-refractivity contribution < 1.29 is 5.11 Å². The second kappa shape index (κ2) is 6.65. The van der Waals surface area contributed by atoms with Crippen molar-refractivity contribution >= 4 is 0 Å². The molecule has 0 atom stereocenters. The number of aryl methyl sites for hydroxylation is 2. The first-order valence-corrected chi connectivity index (χ1v) is 8.04. The monoisotopic (exact) mass is 307 g/mol. The third-order valence-corrected chi connectivity index (χ3v) is 3.92. The molecule has 0 bridgehead atoms. The summed E-state index contributed by atoms with van der Waals surface area (Å²) in [5.74, 6) is 0.286. The maximum Gasteiger partial charge on any atom is 0.123 e. The van der Waals surface area contributed by atoms with E-state index in [1.807, 2.05) is 30.3 Å². The summed E-state index contributed by atoms with van der Waals surface area (Å²) in [6, 6.07) is 11.4. The SMILES string of the molecule is CCCn1nc(CC)c(-c2ccccc2O)c1-c1ccncc1. The van der Waals surface area contributed by atoms with Crippen LogP contribution in [0.1, 0.15) is 26.0 Å². The van der Waals surface area contributed by atoms with Crippen LogP contribution >= 0.6 is 0 Å². The van der Waals surface area contributed by atoms with E-state index >= 15 is 0 Å². The summed E-state index contributed by atoms with van der Waals surface area (Å²) in [4.78, 5) is 4.11. The molecule has 0 amide bonds. The zero-order valence-electron chi connectivity index (χ0n) is 13.5. The normalized spacial score (nSPS) is 10.9. The Morgan fingerprint density at radius 3 is 2.43 bits per heavy atom. The Morgan fingerprint density at radius 2 is 1.78 bits per heavy atom. The van der Waals surface area contributed by atoms with Crippen molar-refractivity contribution in [2.24, 2.45) is 0 Å². The van der Waals surface area contributed by atoms with E-state index in [-0.39, 0.29) is 5.75 Å². The quantitative estimate of drug-likeness (QED) is 0.765. The van der Waals surface area contributed by atoms with Gasteiger partial charge < -0.3 is 5.11 Å². The number of phenols is 1. The van der Waals surface area contributed by atoms with Gasteiger partial charge in [-0.2, -0.15) is 5.10 Å². The van der Waals surface area contributed by atoms with Gasteiger partial charge in [0.05, 0.1) is 11.4 Å². The third-order valence-electron chi connectivity index (χ3n) is 3.92. The Kier molecular flexibility index (Phi) is 4.42. The summed E-state index contributed by atoms with van der Waals surface area (Å²) >= 11 is 0. The molecule has 0 spiro atoms. The van der Waals surface area contributed by atoms with Crippen molar-refractivity contribution in [2.45, 2.75) is 33.2 Å². The van der Waals surface area contributed by atoms with Gasteiger partial charge in [0.1, 0.15) is 5.75 Å². The predicted octanol–water partition coefficient (Wildman–Crippen LogP) is 4.29. The average Bonchev–Trinajstić information content (AvgIpc) is 2.94. The molecule has 4 heteroatoms. The standard InChI is InChI=1S/C19H21N3O/c1-3-13-22-19(14-9-11-20-12-10-14)18(16(4-2)21-22)15-7-5-6-8-17(15)23/h5-12,23H,3-4,13H2,1-2H3. The molecule has 0 saturated heterocycles. The fraction of sp³-hybridized carbons (Fsp3) is 0.263. The van der Waals surface area contributed by atoms with E-state index in [1.54, 1.807) is 18.5 Å². The van der Waals surface area contributed by atoms with Crippen LogP contribution in [0.2, 0.25) is 0 Å². The molecule has 0 unspecified atom stereocenters. The van der Waals surface area contributed by atoms with Gasteiger partial charge in [-0.1, -0.05) is 32.0 Å². The summed E-state index contributed by atoms with van der Waals surface area (Å²) in [7, 11) is 0. The fourth-order valence-electron chi connectivity index (χ4n) is 2.90. The highest BCUT2D eigenvalue weighted by Crippen LogP contribution is 2.39. The summed E-state index contributed by atoms with van der Waals surface area (Å²) in [5.41, 5.74) is 4.97. The van der Waals surface area contributed by atoms with Crippen LogP contribution in [-0.4, -0.2) is 19.9 Å². The van der Waals surface area contributed by atoms with Gasteiger partial charge in [0.25, 0.3) is 0 Å². The van der Waals surface area contributed by atoms with Gasteiger partial charge >= 0.3 is 0 Å². The zero-order valence-corrected chi connectivity index (χ0v) is 13.5. The molecule has 0 aliphatic rings. The lowest BCUT2D eigenvalue weighted by Crippen LogP contribution is -2.02. The van der Waals surface area contributed by atoms with Gasteiger partial charge in [-0.15, -0.1) is 0 Å². The second-order valence-corrected chi connectivity index (χ2v) is 5.50. The molecule has 2 aromatic heterocycles. The Labute approximate surface area is 136 Å². The lowest BCUT2D eigenvalue weighted by atomic mass is 9.97. The largest absolute Gasteiger partial charge is 0.507 e. The van der Waals surface area contributed by atoms with Crippen molar-refractivity contribution in [1.82, 2.24) is 14.8 Å². The van der Waals surface area contributed by atoms with Crippen molar-refractivity contribution in [3.8, 4) is 28.1 Å². The number of rotatable bonds is 5.